The number of pyridine rings is 1. The van der Waals surface area contributed by atoms with Crippen LogP contribution in [0.25, 0.3) is 11.0 Å². The zero-order valence-corrected chi connectivity index (χ0v) is 14.7. The van der Waals surface area contributed by atoms with Gasteiger partial charge in [-0.15, -0.1) is 0 Å². The van der Waals surface area contributed by atoms with Gasteiger partial charge in [-0.25, -0.2) is 9.67 Å². The molecular weight excluding hydrogens is 316 g/mol. The number of fused-ring (bicyclic) bond motifs is 2. The maximum absolute atomic E-state index is 13.0. The number of rotatable bonds is 3. The summed E-state index contributed by atoms with van der Waals surface area (Å²) in [7, 11) is 0. The summed E-state index contributed by atoms with van der Waals surface area (Å²) in [6.45, 7) is 6.01. The van der Waals surface area contributed by atoms with Gasteiger partial charge in [0.05, 0.1) is 29.5 Å². The van der Waals surface area contributed by atoms with Gasteiger partial charge in [-0.3, -0.25) is 4.79 Å². The average molecular weight is 338 g/mol. The molecule has 6 nitrogen and oxygen atoms in total. The van der Waals surface area contributed by atoms with E-state index in [1.165, 1.54) is 0 Å². The standard InChI is InChI=1S/C19H22N4O2/c1-11(2)23-18-15(10-20-23)14(9-12(3)21-18)19(24)22-16-5-4-6-17-13(16)7-8-25-17/h7-11,16H,4-6H2,1-3H3,(H,22,24). The van der Waals surface area contributed by atoms with Crippen LogP contribution < -0.4 is 5.32 Å². The molecule has 3 aromatic rings. The van der Waals surface area contributed by atoms with Crippen molar-refractivity contribution >= 4 is 16.9 Å². The normalized spacial score (nSPS) is 17.0. The molecule has 0 bridgehead atoms. The van der Waals surface area contributed by atoms with Crippen LogP contribution >= 0.6 is 0 Å². The number of hydrogen-bond donors (Lipinski definition) is 1. The van der Waals surface area contributed by atoms with E-state index in [-0.39, 0.29) is 18.0 Å². The number of aryl methyl sites for hydroxylation is 2. The summed E-state index contributed by atoms with van der Waals surface area (Å²) in [6.07, 6.45) is 6.32. The molecule has 0 saturated carbocycles. The largest absolute Gasteiger partial charge is 0.469 e. The summed E-state index contributed by atoms with van der Waals surface area (Å²) < 4.78 is 7.37. The van der Waals surface area contributed by atoms with Crippen LogP contribution in [0.3, 0.4) is 0 Å². The van der Waals surface area contributed by atoms with E-state index in [1.54, 1.807) is 12.5 Å². The van der Waals surface area contributed by atoms with Gasteiger partial charge in [0.25, 0.3) is 5.91 Å². The summed E-state index contributed by atoms with van der Waals surface area (Å²) in [4.78, 5) is 17.6. The third kappa shape index (κ3) is 2.71. The zero-order valence-electron chi connectivity index (χ0n) is 14.7. The first-order valence-corrected chi connectivity index (χ1v) is 8.76. The number of aromatic nitrogens is 3. The fourth-order valence-corrected chi connectivity index (χ4v) is 3.58. The first-order valence-electron chi connectivity index (χ1n) is 8.76. The van der Waals surface area contributed by atoms with Crippen LogP contribution in [0.4, 0.5) is 0 Å². The molecule has 130 valence electrons. The van der Waals surface area contributed by atoms with Crippen molar-refractivity contribution in [3.8, 4) is 0 Å². The third-order valence-electron chi connectivity index (χ3n) is 4.79. The quantitative estimate of drug-likeness (QED) is 0.790. The average Bonchev–Trinajstić information content (AvgIpc) is 3.20. The number of hydrogen-bond acceptors (Lipinski definition) is 4. The lowest BCUT2D eigenvalue weighted by atomic mass is 9.93. The molecule has 0 fully saturated rings. The maximum atomic E-state index is 13.0. The molecule has 0 radical (unpaired) electrons. The zero-order chi connectivity index (χ0) is 17.6. The Bertz CT molecular complexity index is 938. The number of carbonyl (C=O) groups is 1. The molecule has 3 heterocycles. The Morgan fingerprint density at radius 1 is 1.44 bits per heavy atom. The van der Waals surface area contributed by atoms with Gasteiger partial charge in [-0.2, -0.15) is 5.10 Å². The lowest BCUT2D eigenvalue weighted by molar-refractivity contribution is 0.0933. The van der Waals surface area contributed by atoms with E-state index in [0.717, 1.165) is 47.3 Å². The van der Waals surface area contributed by atoms with E-state index in [1.807, 2.05) is 23.7 Å². The molecule has 0 spiro atoms. The van der Waals surface area contributed by atoms with Crippen LogP contribution in [0.2, 0.25) is 0 Å². The van der Waals surface area contributed by atoms with Crippen LogP contribution in [0.5, 0.6) is 0 Å². The van der Waals surface area contributed by atoms with Crippen LogP contribution in [0.15, 0.2) is 29.0 Å². The lowest BCUT2D eigenvalue weighted by Crippen LogP contribution is -2.30. The second kappa shape index (κ2) is 6.02. The van der Waals surface area contributed by atoms with Crippen LogP contribution in [0.1, 0.15) is 66.1 Å². The predicted molar refractivity (Wildman–Crippen MR) is 94.5 cm³/mol. The third-order valence-corrected chi connectivity index (χ3v) is 4.79. The van der Waals surface area contributed by atoms with Gasteiger partial charge < -0.3 is 9.73 Å². The molecule has 1 atom stereocenters. The molecule has 1 unspecified atom stereocenters. The van der Waals surface area contributed by atoms with Crippen molar-refractivity contribution in [1.82, 2.24) is 20.1 Å². The Morgan fingerprint density at radius 2 is 2.28 bits per heavy atom. The summed E-state index contributed by atoms with van der Waals surface area (Å²) >= 11 is 0. The smallest absolute Gasteiger partial charge is 0.252 e. The van der Waals surface area contributed by atoms with Gasteiger partial charge in [-0.1, -0.05) is 0 Å². The van der Waals surface area contributed by atoms with E-state index in [0.29, 0.717) is 5.56 Å². The summed E-state index contributed by atoms with van der Waals surface area (Å²) in [6, 6.07) is 3.99. The molecule has 4 rings (SSSR count). The van der Waals surface area contributed by atoms with Crippen molar-refractivity contribution in [3.63, 3.8) is 0 Å². The summed E-state index contributed by atoms with van der Waals surface area (Å²) in [5.74, 6) is 0.901. The second-order valence-electron chi connectivity index (χ2n) is 6.95. The fourth-order valence-electron chi connectivity index (χ4n) is 3.58. The molecular formula is C19H22N4O2. The van der Waals surface area contributed by atoms with Crippen molar-refractivity contribution in [2.75, 3.05) is 0 Å². The highest BCUT2D eigenvalue weighted by Crippen LogP contribution is 2.31. The van der Waals surface area contributed by atoms with Gasteiger partial charge in [-0.05, 0) is 45.7 Å². The highest BCUT2D eigenvalue weighted by Gasteiger charge is 2.25. The Hall–Kier alpha value is -2.63. The minimum absolute atomic E-state index is 0.00124. The molecule has 0 saturated heterocycles. The predicted octanol–water partition coefficient (Wildman–Crippen LogP) is 3.72. The Morgan fingerprint density at radius 3 is 3.08 bits per heavy atom. The fraction of sp³-hybridized carbons (Fsp3) is 0.421. The van der Waals surface area contributed by atoms with Crippen LogP contribution in [0, 0.1) is 6.92 Å². The molecule has 1 aliphatic carbocycles. The van der Waals surface area contributed by atoms with Gasteiger partial charge in [0.1, 0.15) is 5.76 Å². The van der Waals surface area contributed by atoms with E-state index < -0.39 is 0 Å². The second-order valence-corrected chi connectivity index (χ2v) is 6.95. The molecule has 6 heteroatoms. The number of furan rings is 1. The van der Waals surface area contributed by atoms with E-state index in [9.17, 15) is 4.79 Å². The topological polar surface area (TPSA) is 73.0 Å². The highest BCUT2D eigenvalue weighted by atomic mass is 16.3. The Kier molecular flexibility index (Phi) is 3.82. The SMILES string of the molecule is Cc1cc(C(=O)NC2CCCc3occc32)c2cnn(C(C)C)c2n1. The Labute approximate surface area is 146 Å². The minimum Gasteiger partial charge on any atom is -0.469 e. The van der Waals surface area contributed by atoms with Gasteiger partial charge in [0, 0.05) is 23.7 Å². The number of carbonyl (C=O) groups excluding carboxylic acids is 1. The number of amides is 1. The van der Waals surface area contributed by atoms with Gasteiger partial charge in [0.15, 0.2) is 5.65 Å². The number of nitrogens with one attached hydrogen (secondary N) is 1. The highest BCUT2D eigenvalue weighted by molar-refractivity contribution is 6.05. The number of nitrogens with zero attached hydrogens (tertiary/aromatic N) is 3. The van der Waals surface area contributed by atoms with Crippen molar-refractivity contribution in [2.24, 2.45) is 0 Å². The van der Waals surface area contributed by atoms with Gasteiger partial charge in [0.2, 0.25) is 0 Å². The summed E-state index contributed by atoms with van der Waals surface area (Å²) in [5, 5.41) is 8.38. The van der Waals surface area contributed by atoms with Crippen molar-refractivity contribution in [3.05, 3.63) is 47.2 Å². The molecule has 1 N–H and O–H groups in total. The maximum Gasteiger partial charge on any atom is 0.252 e. The van der Waals surface area contributed by atoms with Crippen molar-refractivity contribution < 1.29 is 9.21 Å². The van der Waals surface area contributed by atoms with Crippen LogP contribution in [-0.4, -0.2) is 20.7 Å². The lowest BCUT2D eigenvalue weighted by Gasteiger charge is -2.23. The van der Waals surface area contributed by atoms with Crippen molar-refractivity contribution in [2.45, 2.75) is 52.1 Å². The first kappa shape index (κ1) is 15.9. The molecule has 25 heavy (non-hydrogen) atoms. The van der Waals surface area contributed by atoms with E-state index in [4.69, 9.17) is 4.42 Å². The van der Waals surface area contributed by atoms with Gasteiger partial charge >= 0.3 is 0 Å². The Balaban J connectivity index is 1.70. The minimum atomic E-state index is -0.0853. The molecule has 0 aliphatic heterocycles. The van der Waals surface area contributed by atoms with E-state index in [2.05, 4.69) is 29.2 Å². The molecule has 1 amide bonds. The van der Waals surface area contributed by atoms with Crippen LogP contribution in [-0.2, 0) is 6.42 Å². The first-order chi connectivity index (χ1) is 12.0. The summed E-state index contributed by atoms with van der Waals surface area (Å²) in [5.41, 5.74) is 3.30. The van der Waals surface area contributed by atoms with Crippen molar-refractivity contribution in [1.29, 1.82) is 0 Å². The molecule has 1 aliphatic rings. The molecule has 0 aromatic carbocycles. The molecule has 3 aromatic heterocycles. The monoisotopic (exact) mass is 338 g/mol. The van der Waals surface area contributed by atoms with E-state index >= 15 is 0 Å².